The maximum absolute atomic E-state index is 13.1. The average molecular weight is 414 g/mol. The van der Waals surface area contributed by atoms with E-state index in [1.807, 2.05) is 0 Å². The first kappa shape index (κ1) is 22.1. The van der Waals surface area contributed by atoms with E-state index in [0.717, 1.165) is 13.2 Å². The Morgan fingerprint density at radius 1 is 1.00 bits per heavy atom. The van der Waals surface area contributed by atoms with Crippen molar-refractivity contribution < 1.29 is 32.5 Å². The molecule has 0 radical (unpaired) electrons. The molecule has 0 saturated carbocycles. The third-order valence-corrected chi connectivity index (χ3v) is 3.82. The van der Waals surface area contributed by atoms with Crippen LogP contribution in [0.2, 0.25) is 0 Å². The van der Waals surface area contributed by atoms with Crippen LogP contribution in [0.15, 0.2) is 42.5 Å². The Labute approximate surface area is 163 Å². The number of hydrogen-bond donors (Lipinski definition) is 0. The molecule has 1 fully saturated rings. The Morgan fingerprint density at radius 2 is 1.62 bits per heavy atom. The summed E-state index contributed by atoms with van der Waals surface area (Å²) in [6, 6.07) is 8.69. The van der Waals surface area contributed by atoms with Gasteiger partial charge in [0.2, 0.25) is 5.75 Å². The van der Waals surface area contributed by atoms with E-state index >= 15 is 0 Å². The molecular formula is C18H17F3N2O6. The highest BCUT2D eigenvalue weighted by atomic mass is 19.4. The Morgan fingerprint density at radius 3 is 2.07 bits per heavy atom. The van der Waals surface area contributed by atoms with E-state index in [4.69, 9.17) is 9.47 Å². The second kappa shape index (κ2) is 9.82. The molecule has 8 nitrogen and oxygen atoms in total. The maximum Gasteiger partial charge on any atom is 0.420 e. The topological polar surface area (TPSA) is 105 Å². The Balaban J connectivity index is 0.000000521. The van der Waals surface area contributed by atoms with E-state index in [9.17, 15) is 33.4 Å². The van der Waals surface area contributed by atoms with Crippen LogP contribution in [0, 0.1) is 20.2 Å². The van der Waals surface area contributed by atoms with Crippen molar-refractivity contribution in [1.29, 1.82) is 0 Å². The number of rotatable bonds is 5. The number of nitro benzene ring substituents is 2. The molecule has 2 aromatic carbocycles. The molecule has 1 aliphatic rings. The minimum absolute atomic E-state index is 0.216. The van der Waals surface area contributed by atoms with Crippen molar-refractivity contribution in [3.05, 3.63) is 73.8 Å². The quantitative estimate of drug-likeness (QED) is 0.509. The van der Waals surface area contributed by atoms with Crippen LogP contribution >= 0.6 is 0 Å². The molecule has 1 heterocycles. The van der Waals surface area contributed by atoms with E-state index < -0.39 is 38.7 Å². The van der Waals surface area contributed by atoms with Crippen molar-refractivity contribution in [1.82, 2.24) is 0 Å². The van der Waals surface area contributed by atoms with Gasteiger partial charge in [-0.25, -0.2) is 0 Å². The van der Waals surface area contributed by atoms with Gasteiger partial charge in [0, 0.05) is 19.3 Å². The molecule has 1 aliphatic heterocycles. The van der Waals surface area contributed by atoms with Gasteiger partial charge in [0.15, 0.2) is 0 Å². The number of hydrogen-bond acceptors (Lipinski definition) is 6. The van der Waals surface area contributed by atoms with Gasteiger partial charge in [0.25, 0.3) is 5.69 Å². The lowest BCUT2D eigenvalue weighted by Crippen LogP contribution is -2.11. The minimum atomic E-state index is -5.05. The molecule has 0 amide bonds. The zero-order chi connectivity index (χ0) is 21.4. The second-order valence-corrected chi connectivity index (χ2v) is 5.95. The van der Waals surface area contributed by atoms with Crippen LogP contribution in [-0.4, -0.2) is 23.1 Å². The van der Waals surface area contributed by atoms with Crippen LogP contribution < -0.4 is 4.74 Å². The summed E-state index contributed by atoms with van der Waals surface area (Å²) in [5.74, 6) is -1.05. The van der Waals surface area contributed by atoms with E-state index in [0.29, 0.717) is 11.6 Å². The fourth-order valence-electron chi connectivity index (χ4n) is 2.44. The van der Waals surface area contributed by atoms with Crippen molar-refractivity contribution in [2.75, 3.05) is 13.2 Å². The smallest absolute Gasteiger partial charge is 0.420 e. The third-order valence-electron chi connectivity index (χ3n) is 3.82. The molecular weight excluding hydrogens is 397 g/mol. The van der Waals surface area contributed by atoms with Gasteiger partial charge in [0.05, 0.1) is 15.9 Å². The summed E-state index contributed by atoms with van der Waals surface area (Å²) < 4.78 is 49.3. The molecule has 2 aromatic rings. The average Bonchev–Trinajstić information content (AvgIpc) is 3.25. The van der Waals surface area contributed by atoms with Gasteiger partial charge < -0.3 is 9.47 Å². The lowest BCUT2D eigenvalue weighted by Gasteiger charge is -2.14. The third kappa shape index (κ3) is 6.42. The molecule has 0 spiro atoms. The number of ether oxygens (including phenoxy) is 2. The number of benzene rings is 2. The van der Waals surface area contributed by atoms with Gasteiger partial charge in [-0.1, -0.05) is 30.3 Å². The van der Waals surface area contributed by atoms with Crippen molar-refractivity contribution >= 4 is 11.4 Å². The first-order valence-corrected chi connectivity index (χ1v) is 8.48. The highest BCUT2D eigenvalue weighted by Gasteiger charge is 2.40. The fraction of sp³-hybridized carbons (Fsp3) is 0.333. The van der Waals surface area contributed by atoms with E-state index in [1.54, 1.807) is 30.3 Å². The summed E-state index contributed by atoms with van der Waals surface area (Å²) in [5, 5.41) is 21.7. The monoisotopic (exact) mass is 414 g/mol. The van der Waals surface area contributed by atoms with Gasteiger partial charge in [-0.05, 0) is 18.4 Å². The summed E-state index contributed by atoms with van der Waals surface area (Å²) in [4.78, 5) is 19.5. The number of nitrogens with zero attached hydrogens (tertiary/aromatic N) is 2. The first-order valence-electron chi connectivity index (χ1n) is 8.48. The van der Waals surface area contributed by atoms with Crippen LogP contribution in [0.5, 0.6) is 5.75 Å². The number of halogens is 3. The Bertz CT molecular complexity index is 847. The summed E-state index contributed by atoms with van der Waals surface area (Å²) >= 11 is 0. The van der Waals surface area contributed by atoms with Crippen molar-refractivity contribution in [2.45, 2.75) is 25.6 Å². The zero-order valence-corrected chi connectivity index (χ0v) is 15.1. The molecule has 0 unspecified atom stereocenters. The van der Waals surface area contributed by atoms with Crippen LogP contribution in [-0.2, 0) is 17.5 Å². The van der Waals surface area contributed by atoms with E-state index in [-0.39, 0.29) is 12.7 Å². The summed E-state index contributed by atoms with van der Waals surface area (Å²) in [6.45, 7) is 1.64. The van der Waals surface area contributed by atoms with Gasteiger partial charge in [-0.2, -0.15) is 13.2 Å². The number of alkyl halides is 3. The summed E-state index contributed by atoms with van der Waals surface area (Å²) in [6.07, 6.45) is -2.50. The maximum atomic E-state index is 13.1. The van der Waals surface area contributed by atoms with E-state index in [2.05, 4.69) is 0 Å². The van der Waals surface area contributed by atoms with Gasteiger partial charge in [-0.3, -0.25) is 20.2 Å². The van der Waals surface area contributed by atoms with Gasteiger partial charge in [0.1, 0.15) is 12.2 Å². The minimum Gasteiger partial charge on any atom is -0.482 e. The second-order valence-electron chi connectivity index (χ2n) is 5.95. The van der Waals surface area contributed by atoms with E-state index in [1.165, 1.54) is 12.8 Å². The molecule has 1 saturated heterocycles. The van der Waals surface area contributed by atoms with Gasteiger partial charge in [-0.15, -0.1) is 0 Å². The van der Waals surface area contributed by atoms with Crippen molar-refractivity contribution in [3.63, 3.8) is 0 Å². The fourth-order valence-corrected chi connectivity index (χ4v) is 2.44. The molecule has 11 heteroatoms. The Hall–Kier alpha value is -3.21. The number of non-ortho nitro benzene ring substituents is 1. The SMILES string of the molecule is C1CCOC1.O=[N+]([O-])c1cc([N+](=O)[O-])c(OCc2ccccc2)c(C(F)(F)F)c1. The Kier molecular flexibility index (Phi) is 7.48. The standard InChI is InChI=1S/C14H9F3N2O5.C4H8O/c15-14(16,17)11-6-10(18(20)21)7-12(19(22)23)13(11)24-8-9-4-2-1-3-5-9;1-2-4-5-3-1/h1-7H,8H2;1-4H2. The zero-order valence-electron chi connectivity index (χ0n) is 15.1. The molecule has 0 atom stereocenters. The molecule has 0 N–H and O–H groups in total. The van der Waals surface area contributed by atoms with Gasteiger partial charge >= 0.3 is 11.9 Å². The van der Waals surface area contributed by atoms with Crippen LogP contribution in [0.1, 0.15) is 24.0 Å². The largest absolute Gasteiger partial charge is 0.482 e. The number of nitro groups is 2. The predicted octanol–water partition coefficient (Wildman–Crippen LogP) is 4.90. The first-order chi connectivity index (χ1) is 13.7. The van der Waals surface area contributed by atoms with Crippen molar-refractivity contribution in [3.8, 4) is 5.75 Å². The molecule has 29 heavy (non-hydrogen) atoms. The molecule has 0 aromatic heterocycles. The summed E-state index contributed by atoms with van der Waals surface area (Å²) in [5.41, 5.74) is -3.24. The van der Waals surface area contributed by atoms with Crippen LogP contribution in [0.3, 0.4) is 0 Å². The molecule has 3 rings (SSSR count). The normalized spacial score (nSPS) is 13.3. The highest BCUT2D eigenvalue weighted by molar-refractivity contribution is 5.59. The van der Waals surface area contributed by atoms with Crippen molar-refractivity contribution in [2.24, 2.45) is 0 Å². The molecule has 0 bridgehead atoms. The molecule has 0 aliphatic carbocycles. The van der Waals surface area contributed by atoms with Crippen LogP contribution in [0.4, 0.5) is 24.5 Å². The molecule has 156 valence electrons. The summed E-state index contributed by atoms with van der Waals surface area (Å²) in [7, 11) is 0. The lowest BCUT2D eigenvalue weighted by molar-refractivity contribution is -0.395. The highest BCUT2D eigenvalue weighted by Crippen LogP contribution is 2.44. The van der Waals surface area contributed by atoms with Crippen LogP contribution in [0.25, 0.3) is 0 Å². The lowest BCUT2D eigenvalue weighted by atomic mass is 10.1. The predicted molar refractivity (Wildman–Crippen MR) is 95.6 cm³/mol.